The van der Waals surface area contributed by atoms with Gasteiger partial charge in [0.25, 0.3) is 0 Å². The van der Waals surface area contributed by atoms with Crippen molar-refractivity contribution < 1.29 is 13.2 Å². The molecule has 0 aromatic carbocycles. The number of carbonyl (C=O) groups excluding carboxylic acids is 1. The Morgan fingerprint density at radius 3 is 2.79 bits per heavy atom. The molecule has 0 saturated heterocycles. The molecule has 1 aliphatic heterocycles. The van der Waals surface area contributed by atoms with E-state index in [0.29, 0.717) is 5.92 Å². The zero-order valence-electron chi connectivity index (χ0n) is 14.8. The Morgan fingerprint density at radius 2 is 2.12 bits per heavy atom. The van der Waals surface area contributed by atoms with E-state index in [1.165, 1.54) is 6.92 Å². The van der Waals surface area contributed by atoms with Crippen LogP contribution in [0.1, 0.15) is 38.6 Å². The molecule has 0 saturated carbocycles. The van der Waals surface area contributed by atoms with Gasteiger partial charge in [0.1, 0.15) is 5.75 Å². The van der Waals surface area contributed by atoms with Gasteiger partial charge in [0, 0.05) is 31.9 Å². The predicted molar refractivity (Wildman–Crippen MR) is 93.1 cm³/mol. The lowest BCUT2D eigenvalue weighted by molar-refractivity contribution is -0.118. The van der Waals surface area contributed by atoms with E-state index in [2.05, 4.69) is 29.2 Å². The van der Waals surface area contributed by atoms with Crippen molar-refractivity contribution >= 4 is 15.7 Å². The van der Waals surface area contributed by atoms with Crippen LogP contribution in [0.25, 0.3) is 0 Å². The van der Waals surface area contributed by atoms with Crippen LogP contribution in [0.2, 0.25) is 0 Å². The molecule has 1 aromatic rings. The molecule has 0 unspecified atom stereocenters. The summed E-state index contributed by atoms with van der Waals surface area (Å²) in [7, 11) is -3.29. The van der Waals surface area contributed by atoms with E-state index >= 15 is 0 Å². The average Bonchev–Trinajstić information content (AvgIpc) is 2.77. The molecule has 1 N–H and O–H groups in total. The first kappa shape index (κ1) is 18.9. The highest BCUT2D eigenvalue weighted by molar-refractivity contribution is 7.92. The maximum atomic E-state index is 11.7. The van der Waals surface area contributed by atoms with Crippen LogP contribution in [0.5, 0.6) is 0 Å². The summed E-state index contributed by atoms with van der Waals surface area (Å²) in [6.07, 6.45) is 1.06. The normalized spacial score (nSPS) is 16.0. The van der Waals surface area contributed by atoms with E-state index < -0.39 is 21.5 Å². The van der Waals surface area contributed by atoms with Gasteiger partial charge in [-0.3, -0.25) is 14.4 Å². The van der Waals surface area contributed by atoms with Crippen molar-refractivity contribution in [3.63, 3.8) is 0 Å². The minimum Gasteiger partial charge on any atom is -0.349 e. The Morgan fingerprint density at radius 1 is 1.38 bits per heavy atom. The molecule has 0 radical (unpaired) electrons. The minimum atomic E-state index is -3.29. The van der Waals surface area contributed by atoms with Crippen LogP contribution in [-0.4, -0.2) is 53.6 Å². The summed E-state index contributed by atoms with van der Waals surface area (Å²) in [4.78, 5) is 14.2. The van der Waals surface area contributed by atoms with Crippen molar-refractivity contribution in [3.8, 4) is 0 Å². The lowest BCUT2D eigenvalue weighted by Gasteiger charge is -2.21. The largest absolute Gasteiger partial charge is 0.349 e. The van der Waals surface area contributed by atoms with Crippen molar-refractivity contribution in [2.45, 2.75) is 46.8 Å². The summed E-state index contributed by atoms with van der Waals surface area (Å²) in [5.74, 6) is -0.329. The van der Waals surface area contributed by atoms with Gasteiger partial charge in [-0.15, -0.1) is 0 Å². The Hall–Kier alpha value is -1.41. The second kappa shape index (κ2) is 8.11. The zero-order chi connectivity index (χ0) is 17.7. The first-order valence-corrected chi connectivity index (χ1v) is 10.4. The van der Waals surface area contributed by atoms with E-state index in [1.54, 1.807) is 0 Å². The summed E-state index contributed by atoms with van der Waals surface area (Å²) in [5, 5.41) is 7.19. The number of hydrogen-bond donors (Lipinski definition) is 1. The number of nitrogens with zero attached hydrogens (tertiary/aromatic N) is 3. The maximum Gasteiger partial charge on any atom is 0.235 e. The Balaban J connectivity index is 1.94. The van der Waals surface area contributed by atoms with Gasteiger partial charge in [-0.2, -0.15) is 5.10 Å². The Kier molecular flexibility index (Phi) is 6.40. The number of rotatable bonds is 7. The zero-order valence-corrected chi connectivity index (χ0v) is 15.6. The quantitative estimate of drug-likeness (QED) is 0.781. The molecule has 1 amide bonds. The Bertz CT molecular complexity index is 667. The van der Waals surface area contributed by atoms with Crippen molar-refractivity contribution in [2.75, 3.05) is 24.6 Å². The smallest absolute Gasteiger partial charge is 0.235 e. The van der Waals surface area contributed by atoms with E-state index in [0.717, 1.165) is 44.0 Å². The van der Waals surface area contributed by atoms with Crippen molar-refractivity contribution in [1.82, 2.24) is 20.0 Å². The van der Waals surface area contributed by atoms with Crippen LogP contribution < -0.4 is 5.32 Å². The fraction of sp³-hybridized carbons (Fsp3) is 0.750. The standard InChI is InChI=1S/C16H28N4O3S/c1-4-24(22,23)12-16(21)17-9-14-8-15-11-19(10-13(2)3)6-5-7-20(15)18-14/h8,13H,4-7,9-12H2,1-3H3,(H,17,21). The van der Waals surface area contributed by atoms with Gasteiger partial charge >= 0.3 is 0 Å². The molecular formula is C16H28N4O3S. The third-order valence-corrected chi connectivity index (χ3v) is 5.61. The van der Waals surface area contributed by atoms with Gasteiger partial charge in [0.05, 0.1) is 17.9 Å². The predicted octanol–water partition coefficient (Wildman–Crippen LogP) is 0.796. The van der Waals surface area contributed by atoms with Crippen LogP contribution >= 0.6 is 0 Å². The molecule has 136 valence electrons. The van der Waals surface area contributed by atoms with Crippen molar-refractivity contribution in [2.24, 2.45) is 5.92 Å². The number of nitrogens with one attached hydrogen (secondary N) is 1. The Labute approximate surface area is 144 Å². The summed E-state index contributed by atoms with van der Waals surface area (Å²) in [6, 6.07) is 2.01. The van der Waals surface area contributed by atoms with E-state index in [1.807, 2.05) is 10.7 Å². The first-order chi connectivity index (χ1) is 11.3. The number of aryl methyl sites for hydroxylation is 1. The fourth-order valence-corrected chi connectivity index (χ4v) is 3.59. The lowest BCUT2D eigenvalue weighted by atomic mass is 10.2. The molecule has 2 rings (SSSR count). The van der Waals surface area contributed by atoms with Crippen molar-refractivity contribution in [1.29, 1.82) is 0 Å². The van der Waals surface area contributed by atoms with Crippen LogP contribution in [0.15, 0.2) is 6.07 Å². The van der Waals surface area contributed by atoms with Gasteiger partial charge in [0.15, 0.2) is 9.84 Å². The van der Waals surface area contributed by atoms with Gasteiger partial charge in [-0.1, -0.05) is 20.8 Å². The maximum absolute atomic E-state index is 11.7. The molecule has 0 bridgehead atoms. The van der Waals surface area contributed by atoms with Gasteiger partial charge in [-0.25, -0.2) is 8.42 Å². The number of fused-ring (bicyclic) bond motifs is 1. The molecule has 0 spiro atoms. The molecule has 1 aromatic heterocycles. The van der Waals surface area contributed by atoms with E-state index in [9.17, 15) is 13.2 Å². The molecule has 0 aliphatic carbocycles. The number of aromatic nitrogens is 2. The number of hydrogen-bond acceptors (Lipinski definition) is 5. The third kappa shape index (κ3) is 5.59. The van der Waals surface area contributed by atoms with Crippen LogP contribution in [-0.2, 0) is 34.3 Å². The minimum absolute atomic E-state index is 0.0229. The highest BCUT2D eigenvalue weighted by Crippen LogP contribution is 2.15. The van der Waals surface area contributed by atoms with Gasteiger partial charge < -0.3 is 5.32 Å². The summed E-state index contributed by atoms with van der Waals surface area (Å²) >= 11 is 0. The second-order valence-electron chi connectivity index (χ2n) is 6.79. The topological polar surface area (TPSA) is 84.3 Å². The molecule has 0 atom stereocenters. The highest BCUT2D eigenvalue weighted by Gasteiger charge is 2.18. The molecule has 2 heterocycles. The van der Waals surface area contributed by atoms with E-state index in [4.69, 9.17) is 0 Å². The third-order valence-electron chi connectivity index (χ3n) is 4.02. The average molecular weight is 356 g/mol. The summed E-state index contributed by atoms with van der Waals surface area (Å²) in [5.41, 5.74) is 1.93. The van der Waals surface area contributed by atoms with E-state index in [-0.39, 0.29) is 12.3 Å². The highest BCUT2D eigenvalue weighted by atomic mass is 32.2. The van der Waals surface area contributed by atoms with Crippen LogP contribution in [0.4, 0.5) is 0 Å². The van der Waals surface area contributed by atoms with Crippen LogP contribution in [0.3, 0.4) is 0 Å². The SMILES string of the molecule is CCS(=O)(=O)CC(=O)NCc1cc2n(n1)CCCN(CC(C)C)C2. The molecule has 7 nitrogen and oxygen atoms in total. The monoisotopic (exact) mass is 356 g/mol. The molecule has 24 heavy (non-hydrogen) atoms. The van der Waals surface area contributed by atoms with Gasteiger partial charge in [-0.05, 0) is 18.4 Å². The van der Waals surface area contributed by atoms with Gasteiger partial charge in [0.2, 0.25) is 5.91 Å². The number of amides is 1. The fourth-order valence-electron chi connectivity index (χ4n) is 2.89. The first-order valence-electron chi connectivity index (χ1n) is 8.54. The number of carbonyl (C=O) groups is 1. The lowest BCUT2D eigenvalue weighted by Crippen LogP contribution is -2.30. The van der Waals surface area contributed by atoms with Crippen LogP contribution in [0, 0.1) is 5.92 Å². The summed E-state index contributed by atoms with van der Waals surface area (Å²) < 4.78 is 24.9. The molecule has 0 fully saturated rings. The van der Waals surface area contributed by atoms with Crippen molar-refractivity contribution in [3.05, 3.63) is 17.5 Å². The molecule has 8 heteroatoms. The summed E-state index contributed by atoms with van der Waals surface area (Å²) in [6.45, 7) is 10.1. The molecule has 1 aliphatic rings. The second-order valence-corrected chi connectivity index (χ2v) is 9.14. The molecular weight excluding hydrogens is 328 g/mol. The number of sulfone groups is 1.